The number of non-ortho nitro benzene ring substituents is 1. The van der Waals surface area contributed by atoms with Gasteiger partial charge in [-0.2, -0.15) is 0 Å². The molecule has 4 rings (SSSR count). The molecule has 9 heteroatoms. The van der Waals surface area contributed by atoms with Crippen molar-refractivity contribution in [1.82, 2.24) is 4.90 Å². The smallest absolute Gasteiger partial charge is 0.269 e. The topological polar surface area (TPSA) is 102 Å². The van der Waals surface area contributed by atoms with Gasteiger partial charge >= 0.3 is 0 Å². The Morgan fingerprint density at radius 3 is 2.70 bits per heavy atom. The summed E-state index contributed by atoms with van der Waals surface area (Å²) in [7, 11) is -3.31. The first kappa shape index (κ1) is 20.6. The predicted octanol–water partition coefficient (Wildman–Crippen LogP) is 2.98. The van der Waals surface area contributed by atoms with E-state index >= 15 is 0 Å². The summed E-state index contributed by atoms with van der Waals surface area (Å²) in [5.74, 6) is 0.825. The molecule has 1 N–H and O–H groups in total. The number of piperidine rings is 1. The summed E-state index contributed by atoms with van der Waals surface area (Å²) < 4.78 is 31.9. The largest absolute Gasteiger partial charge is 0.485 e. The number of nitrogens with zero attached hydrogens (tertiary/aromatic N) is 2. The fourth-order valence-electron chi connectivity index (χ4n) is 4.39. The van der Waals surface area contributed by atoms with Gasteiger partial charge in [-0.05, 0) is 49.6 Å². The minimum atomic E-state index is -3.31. The summed E-state index contributed by atoms with van der Waals surface area (Å²) in [5, 5.41) is 10.8. The first-order valence-electron chi connectivity index (χ1n) is 9.97. The second-order valence-corrected chi connectivity index (χ2v) is 9.96. The number of anilines is 1. The molecule has 2 aliphatic heterocycles. The summed E-state index contributed by atoms with van der Waals surface area (Å²) in [6.07, 6.45) is 4.72. The fraction of sp³-hybridized carbons (Fsp3) is 0.429. The molecule has 1 atom stereocenters. The van der Waals surface area contributed by atoms with Crippen LogP contribution in [0.4, 0.5) is 11.4 Å². The lowest BCUT2D eigenvalue weighted by atomic mass is 9.88. The van der Waals surface area contributed by atoms with Crippen LogP contribution in [-0.2, 0) is 22.9 Å². The molecule has 0 saturated carbocycles. The number of likely N-dealkylation sites (tertiary alicyclic amines) is 1. The van der Waals surface area contributed by atoms with Gasteiger partial charge in [-0.15, -0.1) is 0 Å². The van der Waals surface area contributed by atoms with E-state index in [0.29, 0.717) is 5.69 Å². The molecule has 30 heavy (non-hydrogen) atoms. The Labute approximate surface area is 176 Å². The van der Waals surface area contributed by atoms with E-state index in [4.69, 9.17) is 4.74 Å². The third kappa shape index (κ3) is 4.73. The molecule has 0 amide bonds. The van der Waals surface area contributed by atoms with Gasteiger partial charge in [-0.3, -0.25) is 19.7 Å². The van der Waals surface area contributed by atoms with E-state index < -0.39 is 10.0 Å². The van der Waals surface area contributed by atoms with Crippen molar-refractivity contribution in [1.29, 1.82) is 0 Å². The molecular formula is C21H25N3O5S. The maximum atomic E-state index is 11.5. The average molecular weight is 432 g/mol. The van der Waals surface area contributed by atoms with Crippen molar-refractivity contribution in [2.45, 2.75) is 31.3 Å². The van der Waals surface area contributed by atoms with Gasteiger partial charge in [-0.1, -0.05) is 12.1 Å². The van der Waals surface area contributed by atoms with Crippen LogP contribution < -0.4 is 9.46 Å². The normalized spacial score (nSPS) is 21.2. The summed E-state index contributed by atoms with van der Waals surface area (Å²) in [6, 6.07) is 12.2. The van der Waals surface area contributed by atoms with Gasteiger partial charge in [0, 0.05) is 42.9 Å². The molecular weight excluding hydrogens is 406 g/mol. The minimum Gasteiger partial charge on any atom is -0.485 e. The van der Waals surface area contributed by atoms with E-state index in [1.165, 1.54) is 0 Å². The zero-order chi connectivity index (χ0) is 21.4. The predicted molar refractivity (Wildman–Crippen MR) is 114 cm³/mol. The van der Waals surface area contributed by atoms with Gasteiger partial charge < -0.3 is 4.74 Å². The van der Waals surface area contributed by atoms with E-state index in [0.717, 1.165) is 68.4 Å². The van der Waals surface area contributed by atoms with Crippen LogP contribution in [0.2, 0.25) is 0 Å². The van der Waals surface area contributed by atoms with Gasteiger partial charge in [0.15, 0.2) is 0 Å². The lowest BCUT2D eigenvalue weighted by Crippen LogP contribution is -2.51. The number of benzene rings is 2. The van der Waals surface area contributed by atoms with Crippen LogP contribution in [0.1, 0.15) is 24.0 Å². The molecule has 8 nitrogen and oxygen atoms in total. The monoisotopic (exact) mass is 431 g/mol. The molecule has 2 aromatic carbocycles. The maximum absolute atomic E-state index is 11.5. The lowest BCUT2D eigenvalue weighted by molar-refractivity contribution is -0.384. The Bertz CT molecular complexity index is 1050. The Hall–Kier alpha value is -2.65. The number of fused-ring (bicyclic) bond motifs is 1. The van der Waals surface area contributed by atoms with Gasteiger partial charge in [0.25, 0.3) is 5.69 Å². The molecule has 0 aromatic heterocycles. The lowest BCUT2D eigenvalue weighted by Gasteiger charge is -2.39. The Morgan fingerprint density at radius 2 is 2.00 bits per heavy atom. The average Bonchev–Trinajstić information content (AvgIpc) is 3.01. The SMILES string of the molecule is CS(=O)(=O)Nc1ccc2c(c1)CC1(CCCN(CCc3ccc([N+](=O)[O-])cc3)C1)O2. The van der Waals surface area contributed by atoms with Crippen LogP contribution in [0, 0.1) is 10.1 Å². The van der Waals surface area contributed by atoms with Gasteiger partial charge in [0.2, 0.25) is 10.0 Å². The van der Waals surface area contributed by atoms with E-state index in [2.05, 4.69) is 9.62 Å². The quantitative estimate of drug-likeness (QED) is 0.557. The van der Waals surface area contributed by atoms with Gasteiger partial charge in [0.1, 0.15) is 11.4 Å². The standard InChI is InChI=1S/C21H25N3O5S/c1-30(27,28)22-18-5-8-20-17(13-18)14-21(29-20)10-2-11-23(15-21)12-9-16-3-6-19(7-4-16)24(25)26/h3-8,13,22H,2,9-12,14-15H2,1H3. The van der Waals surface area contributed by atoms with Crippen molar-refractivity contribution in [2.75, 3.05) is 30.6 Å². The van der Waals surface area contributed by atoms with Gasteiger partial charge in [0.05, 0.1) is 11.2 Å². The molecule has 0 radical (unpaired) electrons. The van der Waals surface area contributed by atoms with Crippen molar-refractivity contribution in [3.63, 3.8) is 0 Å². The minimum absolute atomic E-state index is 0.109. The second kappa shape index (κ2) is 7.88. The Balaban J connectivity index is 1.39. The highest BCUT2D eigenvalue weighted by Gasteiger charge is 2.42. The molecule has 2 aliphatic rings. The number of nitrogens with one attached hydrogen (secondary N) is 1. The van der Waals surface area contributed by atoms with Crippen molar-refractivity contribution in [3.05, 3.63) is 63.7 Å². The van der Waals surface area contributed by atoms with Crippen LogP contribution in [0.25, 0.3) is 0 Å². The molecule has 0 bridgehead atoms. The third-order valence-electron chi connectivity index (χ3n) is 5.69. The third-order valence-corrected chi connectivity index (χ3v) is 6.29. The first-order chi connectivity index (χ1) is 14.2. The highest BCUT2D eigenvalue weighted by atomic mass is 32.2. The Kier molecular flexibility index (Phi) is 5.42. The first-order valence-corrected chi connectivity index (χ1v) is 11.9. The van der Waals surface area contributed by atoms with Crippen LogP contribution in [0.3, 0.4) is 0 Å². The van der Waals surface area contributed by atoms with Crippen molar-refractivity contribution >= 4 is 21.4 Å². The Morgan fingerprint density at radius 1 is 1.23 bits per heavy atom. The van der Waals surface area contributed by atoms with Gasteiger partial charge in [-0.25, -0.2) is 8.42 Å². The van der Waals surface area contributed by atoms with Crippen LogP contribution in [0.15, 0.2) is 42.5 Å². The van der Waals surface area contributed by atoms with Crippen LogP contribution in [0.5, 0.6) is 5.75 Å². The summed E-state index contributed by atoms with van der Waals surface area (Å²) >= 11 is 0. The summed E-state index contributed by atoms with van der Waals surface area (Å²) in [4.78, 5) is 12.8. The van der Waals surface area contributed by atoms with Crippen LogP contribution in [-0.4, -0.2) is 49.7 Å². The number of sulfonamides is 1. The number of hydrogen-bond acceptors (Lipinski definition) is 6. The van der Waals surface area contributed by atoms with E-state index in [1.807, 2.05) is 24.3 Å². The highest BCUT2D eigenvalue weighted by Crippen LogP contribution is 2.41. The zero-order valence-electron chi connectivity index (χ0n) is 16.8. The van der Waals surface area contributed by atoms with E-state index in [1.54, 1.807) is 18.2 Å². The second-order valence-electron chi connectivity index (χ2n) is 8.21. The number of nitro groups is 1. The number of nitro benzene ring substituents is 1. The van der Waals surface area contributed by atoms with Crippen LogP contribution >= 0.6 is 0 Å². The number of rotatable bonds is 6. The summed E-state index contributed by atoms with van der Waals surface area (Å²) in [5.41, 5.74) is 2.49. The fourth-order valence-corrected chi connectivity index (χ4v) is 4.95. The molecule has 2 heterocycles. The summed E-state index contributed by atoms with van der Waals surface area (Å²) in [6.45, 7) is 2.67. The van der Waals surface area contributed by atoms with E-state index in [9.17, 15) is 18.5 Å². The number of ether oxygens (including phenoxy) is 1. The molecule has 1 fully saturated rings. The molecule has 1 spiro atoms. The van der Waals surface area contributed by atoms with Crippen molar-refractivity contribution in [3.8, 4) is 5.75 Å². The highest BCUT2D eigenvalue weighted by molar-refractivity contribution is 7.92. The molecule has 1 saturated heterocycles. The molecule has 1 unspecified atom stereocenters. The molecule has 160 valence electrons. The molecule has 0 aliphatic carbocycles. The zero-order valence-corrected chi connectivity index (χ0v) is 17.7. The molecule has 2 aromatic rings. The van der Waals surface area contributed by atoms with E-state index in [-0.39, 0.29) is 16.2 Å². The maximum Gasteiger partial charge on any atom is 0.269 e. The van der Waals surface area contributed by atoms with Crippen molar-refractivity contribution in [2.24, 2.45) is 0 Å². The number of hydrogen-bond donors (Lipinski definition) is 1. The van der Waals surface area contributed by atoms with Crippen molar-refractivity contribution < 1.29 is 18.1 Å².